The minimum Gasteiger partial charge on any atom is -0.465 e. The third-order valence-electron chi connectivity index (χ3n) is 3.55. The van der Waals surface area contributed by atoms with Gasteiger partial charge < -0.3 is 10.5 Å². The lowest BCUT2D eigenvalue weighted by molar-refractivity contribution is 0.0602. The Hall–Kier alpha value is -0.670. The highest BCUT2D eigenvalue weighted by Gasteiger charge is 2.35. The number of ether oxygens (including phenoxy) is 1. The van der Waals surface area contributed by atoms with Crippen LogP contribution in [0.2, 0.25) is 0 Å². The van der Waals surface area contributed by atoms with E-state index in [9.17, 15) is 13.2 Å². The van der Waals surface area contributed by atoms with Crippen molar-refractivity contribution in [3.63, 3.8) is 0 Å². The number of sulfonamides is 1. The fourth-order valence-electron chi connectivity index (χ4n) is 2.23. The van der Waals surface area contributed by atoms with Crippen LogP contribution in [-0.4, -0.2) is 44.9 Å². The van der Waals surface area contributed by atoms with Crippen molar-refractivity contribution in [1.29, 1.82) is 0 Å². The summed E-state index contributed by atoms with van der Waals surface area (Å²) in [4.78, 5) is 11.8. The standard InChI is InChI=1S/C12H18N2O4S2.ClH/c1-8-7-14(5-3-9(8)13)20(16,17)10-4-6-19-11(10)12(15)18-2;/h4,6,8-9H,3,5,7,13H2,1-2H3;1H. The third-order valence-corrected chi connectivity index (χ3v) is 6.48. The van der Waals surface area contributed by atoms with Crippen LogP contribution in [0.25, 0.3) is 0 Å². The number of esters is 1. The van der Waals surface area contributed by atoms with Crippen molar-refractivity contribution in [3.05, 3.63) is 16.3 Å². The molecule has 0 amide bonds. The smallest absolute Gasteiger partial charge is 0.349 e. The molecule has 1 saturated heterocycles. The Balaban J connectivity index is 0.00000220. The zero-order valence-electron chi connectivity index (χ0n) is 11.8. The summed E-state index contributed by atoms with van der Waals surface area (Å²) in [6.07, 6.45) is 0.623. The van der Waals surface area contributed by atoms with Crippen LogP contribution in [0.4, 0.5) is 0 Å². The SMILES string of the molecule is COC(=O)c1sccc1S(=O)(=O)N1CCC(N)C(C)C1.Cl. The molecule has 0 aromatic carbocycles. The van der Waals surface area contributed by atoms with Crippen LogP contribution < -0.4 is 5.73 Å². The number of nitrogens with two attached hydrogens (primary N) is 1. The van der Waals surface area contributed by atoms with E-state index < -0.39 is 16.0 Å². The minimum absolute atomic E-state index is 0. The van der Waals surface area contributed by atoms with Crippen LogP contribution in [0.15, 0.2) is 16.3 Å². The number of thiophene rings is 1. The summed E-state index contributed by atoms with van der Waals surface area (Å²) < 4.78 is 31.3. The van der Waals surface area contributed by atoms with Gasteiger partial charge in [-0.3, -0.25) is 0 Å². The monoisotopic (exact) mass is 354 g/mol. The fraction of sp³-hybridized carbons (Fsp3) is 0.583. The summed E-state index contributed by atoms with van der Waals surface area (Å²) in [6.45, 7) is 2.69. The molecule has 0 saturated carbocycles. The van der Waals surface area contributed by atoms with Crippen molar-refractivity contribution in [2.24, 2.45) is 11.7 Å². The number of halogens is 1. The van der Waals surface area contributed by atoms with E-state index in [4.69, 9.17) is 5.73 Å². The van der Waals surface area contributed by atoms with E-state index in [0.717, 1.165) is 11.3 Å². The molecule has 2 atom stereocenters. The van der Waals surface area contributed by atoms with Gasteiger partial charge in [-0.2, -0.15) is 4.31 Å². The summed E-state index contributed by atoms with van der Waals surface area (Å²) in [5, 5.41) is 1.58. The topological polar surface area (TPSA) is 89.7 Å². The Morgan fingerprint density at radius 2 is 2.19 bits per heavy atom. The number of carbonyl (C=O) groups excluding carboxylic acids is 1. The molecule has 2 rings (SSSR count). The second-order valence-electron chi connectivity index (χ2n) is 4.90. The van der Waals surface area contributed by atoms with Gasteiger partial charge in [0.25, 0.3) is 0 Å². The van der Waals surface area contributed by atoms with Crippen LogP contribution in [0.5, 0.6) is 0 Å². The number of methoxy groups -OCH3 is 1. The molecule has 2 unspecified atom stereocenters. The van der Waals surface area contributed by atoms with Gasteiger partial charge >= 0.3 is 5.97 Å². The van der Waals surface area contributed by atoms with Gasteiger partial charge in [0.05, 0.1) is 7.11 Å². The van der Waals surface area contributed by atoms with Crippen LogP contribution in [0.3, 0.4) is 0 Å². The molecule has 2 heterocycles. The molecule has 9 heteroatoms. The first kappa shape index (κ1) is 18.4. The average Bonchev–Trinajstić information content (AvgIpc) is 2.90. The van der Waals surface area contributed by atoms with Crippen molar-refractivity contribution < 1.29 is 17.9 Å². The number of piperidine rings is 1. The van der Waals surface area contributed by atoms with Crippen LogP contribution in [0.1, 0.15) is 23.0 Å². The molecule has 1 aromatic heterocycles. The molecule has 1 aromatic rings. The van der Waals surface area contributed by atoms with Gasteiger partial charge in [-0.1, -0.05) is 6.92 Å². The lowest BCUT2D eigenvalue weighted by Gasteiger charge is -2.34. The lowest BCUT2D eigenvalue weighted by atomic mass is 9.96. The van der Waals surface area contributed by atoms with E-state index in [1.807, 2.05) is 6.92 Å². The number of hydrogen-bond acceptors (Lipinski definition) is 6. The third kappa shape index (κ3) is 3.57. The molecule has 6 nitrogen and oxygen atoms in total. The van der Waals surface area contributed by atoms with Crippen molar-refractivity contribution in [2.45, 2.75) is 24.3 Å². The van der Waals surface area contributed by atoms with E-state index >= 15 is 0 Å². The average molecular weight is 355 g/mol. The zero-order valence-corrected chi connectivity index (χ0v) is 14.3. The summed E-state index contributed by atoms with van der Waals surface area (Å²) in [5.41, 5.74) is 5.91. The Kier molecular flexibility index (Phi) is 6.18. The predicted molar refractivity (Wildman–Crippen MR) is 83.4 cm³/mol. The van der Waals surface area contributed by atoms with Gasteiger partial charge in [-0.25, -0.2) is 13.2 Å². The van der Waals surface area contributed by atoms with Crippen molar-refractivity contribution in [2.75, 3.05) is 20.2 Å². The van der Waals surface area contributed by atoms with Gasteiger partial charge in [0, 0.05) is 19.1 Å². The molecular formula is C12H19ClN2O4S2. The molecule has 0 radical (unpaired) electrons. The minimum atomic E-state index is -3.67. The largest absolute Gasteiger partial charge is 0.465 e. The number of carbonyl (C=O) groups is 1. The Bertz CT molecular complexity index is 602. The van der Waals surface area contributed by atoms with Gasteiger partial charge in [-0.05, 0) is 23.8 Å². The Labute approximate surface area is 134 Å². The van der Waals surface area contributed by atoms with Crippen molar-refractivity contribution in [1.82, 2.24) is 4.31 Å². The number of rotatable bonds is 3. The normalized spacial score (nSPS) is 23.4. The highest BCUT2D eigenvalue weighted by Crippen LogP contribution is 2.28. The molecule has 0 aliphatic carbocycles. The molecule has 0 bridgehead atoms. The Morgan fingerprint density at radius 1 is 1.52 bits per heavy atom. The van der Waals surface area contributed by atoms with Crippen LogP contribution in [0, 0.1) is 5.92 Å². The molecular weight excluding hydrogens is 336 g/mol. The van der Waals surface area contributed by atoms with E-state index in [0.29, 0.717) is 19.5 Å². The maximum Gasteiger partial charge on any atom is 0.349 e. The van der Waals surface area contributed by atoms with Gasteiger partial charge in [0.2, 0.25) is 10.0 Å². The van der Waals surface area contributed by atoms with Crippen molar-refractivity contribution >= 4 is 39.7 Å². The highest BCUT2D eigenvalue weighted by atomic mass is 35.5. The maximum absolute atomic E-state index is 12.6. The molecule has 1 aliphatic heterocycles. The van der Waals surface area contributed by atoms with Gasteiger partial charge in [0.1, 0.15) is 9.77 Å². The van der Waals surface area contributed by atoms with Crippen molar-refractivity contribution in [3.8, 4) is 0 Å². The first-order chi connectivity index (χ1) is 9.37. The maximum atomic E-state index is 12.6. The molecule has 1 aliphatic rings. The van der Waals surface area contributed by atoms with Gasteiger partial charge in [-0.15, -0.1) is 23.7 Å². The van der Waals surface area contributed by atoms with Crippen LogP contribution in [-0.2, 0) is 14.8 Å². The predicted octanol–water partition coefficient (Wildman–Crippen LogP) is 1.31. The number of nitrogens with zero attached hydrogens (tertiary/aromatic N) is 1. The molecule has 2 N–H and O–H groups in total. The lowest BCUT2D eigenvalue weighted by Crippen LogP contribution is -2.48. The summed E-state index contributed by atoms with van der Waals surface area (Å²) in [6, 6.07) is 1.47. The molecule has 1 fully saturated rings. The zero-order chi connectivity index (χ0) is 14.9. The molecule has 120 valence electrons. The number of hydrogen-bond donors (Lipinski definition) is 1. The summed E-state index contributed by atoms with van der Waals surface area (Å²) in [7, 11) is -2.44. The van der Waals surface area contributed by atoms with Crippen LogP contribution >= 0.6 is 23.7 Å². The highest BCUT2D eigenvalue weighted by molar-refractivity contribution is 7.89. The first-order valence-corrected chi connectivity index (χ1v) is 8.61. The first-order valence-electron chi connectivity index (χ1n) is 6.29. The Morgan fingerprint density at radius 3 is 2.76 bits per heavy atom. The summed E-state index contributed by atoms with van der Waals surface area (Å²) in [5.74, 6) is -0.529. The second kappa shape index (κ2) is 7.06. The van der Waals surface area contributed by atoms with E-state index in [2.05, 4.69) is 4.74 Å². The summed E-state index contributed by atoms with van der Waals surface area (Å²) >= 11 is 1.07. The second-order valence-corrected chi connectivity index (χ2v) is 7.72. The molecule has 0 spiro atoms. The quantitative estimate of drug-likeness (QED) is 0.827. The van der Waals surface area contributed by atoms with E-state index in [1.165, 1.54) is 17.5 Å². The van der Waals surface area contributed by atoms with Gasteiger partial charge in [0.15, 0.2) is 0 Å². The van der Waals surface area contributed by atoms with E-state index in [-0.39, 0.29) is 34.1 Å². The fourth-order valence-corrected chi connectivity index (χ4v) is 5.09. The molecule has 21 heavy (non-hydrogen) atoms. The van der Waals surface area contributed by atoms with E-state index in [1.54, 1.807) is 5.38 Å².